The Labute approximate surface area is 123 Å². The fourth-order valence-corrected chi connectivity index (χ4v) is 1.48. The van der Waals surface area contributed by atoms with Crippen LogP contribution in [0, 0.1) is 0 Å². The number of amides is 2. The van der Waals surface area contributed by atoms with Gasteiger partial charge in [-0.1, -0.05) is 12.1 Å². The Bertz CT molecular complexity index is 503. The second kappa shape index (κ2) is 9.49. The van der Waals surface area contributed by atoms with Gasteiger partial charge in [-0.25, -0.2) is 5.43 Å². The molecule has 7 heteroatoms. The molecule has 1 rings (SSSR count). The predicted octanol–water partition coefficient (Wildman–Crippen LogP) is 0.298. The second-order valence-electron chi connectivity index (χ2n) is 4.04. The van der Waals surface area contributed by atoms with E-state index in [2.05, 4.69) is 15.8 Å². The number of para-hydroxylation sites is 1. The lowest BCUT2D eigenvalue weighted by Crippen LogP contribution is -2.38. The molecule has 2 N–H and O–H groups in total. The summed E-state index contributed by atoms with van der Waals surface area (Å²) < 4.78 is 9.96. The molecule has 0 fully saturated rings. The number of carbonyl (C=O) groups is 2. The zero-order valence-corrected chi connectivity index (χ0v) is 12.1. The number of nitrogens with one attached hydrogen (secondary N) is 2. The highest BCUT2D eigenvalue weighted by molar-refractivity contribution is 6.35. The van der Waals surface area contributed by atoms with Crippen molar-refractivity contribution in [2.75, 3.05) is 27.4 Å². The molecular weight excluding hydrogens is 274 g/mol. The molecule has 1 aromatic carbocycles. The van der Waals surface area contributed by atoms with E-state index >= 15 is 0 Å². The molecule has 0 aromatic heterocycles. The van der Waals surface area contributed by atoms with Crippen LogP contribution in [0.3, 0.4) is 0 Å². The van der Waals surface area contributed by atoms with Crippen molar-refractivity contribution in [3.8, 4) is 5.75 Å². The predicted molar refractivity (Wildman–Crippen MR) is 78.2 cm³/mol. The van der Waals surface area contributed by atoms with E-state index in [1.54, 1.807) is 26.4 Å². The third-order valence-corrected chi connectivity index (χ3v) is 2.53. The van der Waals surface area contributed by atoms with E-state index in [0.717, 1.165) is 0 Å². The Hall–Kier alpha value is -2.41. The molecule has 0 saturated heterocycles. The summed E-state index contributed by atoms with van der Waals surface area (Å²) in [6.07, 6.45) is 2.05. The lowest BCUT2D eigenvalue weighted by molar-refractivity contribution is -0.139. The van der Waals surface area contributed by atoms with Gasteiger partial charge in [0, 0.05) is 25.8 Å². The smallest absolute Gasteiger partial charge is 0.329 e. The molecule has 0 atom stereocenters. The minimum atomic E-state index is -0.821. The summed E-state index contributed by atoms with van der Waals surface area (Å²) in [6, 6.07) is 7.18. The van der Waals surface area contributed by atoms with Gasteiger partial charge in [0.05, 0.1) is 13.3 Å². The highest BCUT2D eigenvalue weighted by Gasteiger charge is 2.11. The van der Waals surface area contributed by atoms with Crippen LogP contribution in [0.4, 0.5) is 0 Å². The molecule has 2 amide bonds. The van der Waals surface area contributed by atoms with Crippen molar-refractivity contribution in [2.24, 2.45) is 5.10 Å². The van der Waals surface area contributed by atoms with E-state index in [9.17, 15) is 9.59 Å². The Morgan fingerprint density at radius 1 is 1.24 bits per heavy atom. The molecule has 0 unspecified atom stereocenters. The maximum Gasteiger partial charge on any atom is 0.329 e. The lowest BCUT2D eigenvalue weighted by atomic mass is 10.2. The van der Waals surface area contributed by atoms with Crippen molar-refractivity contribution in [2.45, 2.75) is 6.42 Å². The first kappa shape index (κ1) is 16.6. The molecule has 0 saturated carbocycles. The van der Waals surface area contributed by atoms with Gasteiger partial charge < -0.3 is 14.8 Å². The number of methoxy groups -OCH3 is 2. The fourth-order valence-electron chi connectivity index (χ4n) is 1.48. The first-order chi connectivity index (χ1) is 10.2. The van der Waals surface area contributed by atoms with Gasteiger partial charge in [-0.15, -0.1) is 0 Å². The van der Waals surface area contributed by atoms with E-state index < -0.39 is 11.8 Å². The van der Waals surface area contributed by atoms with Crippen LogP contribution in [0.2, 0.25) is 0 Å². The van der Waals surface area contributed by atoms with E-state index in [-0.39, 0.29) is 0 Å². The molecule has 114 valence electrons. The first-order valence-corrected chi connectivity index (χ1v) is 6.42. The first-order valence-electron chi connectivity index (χ1n) is 6.42. The molecule has 7 nitrogen and oxygen atoms in total. The Morgan fingerprint density at radius 3 is 2.71 bits per heavy atom. The molecule has 0 heterocycles. The number of hydrogen-bond donors (Lipinski definition) is 2. The third kappa shape index (κ3) is 6.05. The monoisotopic (exact) mass is 293 g/mol. The van der Waals surface area contributed by atoms with E-state index in [4.69, 9.17) is 9.47 Å². The van der Waals surface area contributed by atoms with Gasteiger partial charge >= 0.3 is 11.8 Å². The molecule has 0 aliphatic rings. The van der Waals surface area contributed by atoms with Crippen molar-refractivity contribution < 1.29 is 19.1 Å². The summed E-state index contributed by atoms with van der Waals surface area (Å²) in [5.74, 6) is -0.929. The van der Waals surface area contributed by atoms with E-state index in [0.29, 0.717) is 30.9 Å². The van der Waals surface area contributed by atoms with Crippen LogP contribution >= 0.6 is 0 Å². The normalized spacial score (nSPS) is 10.4. The van der Waals surface area contributed by atoms with Crippen LogP contribution in [-0.4, -0.2) is 45.4 Å². The van der Waals surface area contributed by atoms with Crippen molar-refractivity contribution in [3.05, 3.63) is 29.8 Å². The molecular formula is C14H19N3O4. The van der Waals surface area contributed by atoms with Crippen LogP contribution in [0.15, 0.2) is 29.4 Å². The number of carbonyl (C=O) groups excluding carboxylic acids is 2. The van der Waals surface area contributed by atoms with E-state index in [1.807, 2.05) is 12.1 Å². The number of nitrogens with zero attached hydrogens (tertiary/aromatic N) is 1. The van der Waals surface area contributed by atoms with Crippen LogP contribution in [0.1, 0.15) is 12.0 Å². The molecule has 0 aliphatic carbocycles. The number of benzene rings is 1. The largest absolute Gasteiger partial charge is 0.496 e. The van der Waals surface area contributed by atoms with E-state index in [1.165, 1.54) is 6.21 Å². The van der Waals surface area contributed by atoms with Crippen LogP contribution < -0.4 is 15.5 Å². The van der Waals surface area contributed by atoms with Crippen molar-refractivity contribution in [1.82, 2.24) is 10.7 Å². The van der Waals surface area contributed by atoms with Gasteiger partial charge in [0.2, 0.25) is 0 Å². The number of ether oxygens (including phenoxy) is 2. The molecule has 1 aromatic rings. The summed E-state index contributed by atoms with van der Waals surface area (Å²) >= 11 is 0. The summed E-state index contributed by atoms with van der Waals surface area (Å²) in [4.78, 5) is 22.9. The highest BCUT2D eigenvalue weighted by atomic mass is 16.5. The van der Waals surface area contributed by atoms with Crippen molar-refractivity contribution >= 4 is 18.0 Å². The zero-order chi connectivity index (χ0) is 15.5. The lowest BCUT2D eigenvalue weighted by Gasteiger charge is -2.04. The SMILES string of the molecule is COCCCNC(=O)C(=O)N/N=C\c1ccccc1OC. The van der Waals surface area contributed by atoms with Gasteiger partial charge in [0.1, 0.15) is 5.75 Å². The van der Waals surface area contributed by atoms with Crippen LogP contribution in [0.5, 0.6) is 5.75 Å². The Morgan fingerprint density at radius 2 is 2.00 bits per heavy atom. The average Bonchev–Trinajstić information content (AvgIpc) is 2.51. The Balaban J connectivity index is 2.41. The number of rotatable bonds is 7. The summed E-state index contributed by atoms with van der Waals surface area (Å²) in [6.45, 7) is 0.893. The van der Waals surface area contributed by atoms with Crippen molar-refractivity contribution in [3.63, 3.8) is 0 Å². The number of hydrogen-bond acceptors (Lipinski definition) is 5. The van der Waals surface area contributed by atoms with Gasteiger partial charge in [0.15, 0.2) is 0 Å². The zero-order valence-electron chi connectivity index (χ0n) is 12.1. The molecule has 0 aliphatic heterocycles. The van der Waals surface area contributed by atoms with Gasteiger partial charge in [0.25, 0.3) is 0 Å². The summed E-state index contributed by atoms with van der Waals surface area (Å²) in [5, 5.41) is 6.18. The van der Waals surface area contributed by atoms with Crippen LogP contribution in [-0.2, 0) is 14.3 Å². The third-order valence-electron chi connectivity index (χ3n) is 2.53. The minimum Gasteiger partial charge on any atom is -0.496 e. The molecule has 0 bridgehead atoms. The molecule has 0 radical (unpaired) electrons. The topological polar surface area (TPSA) is 89.0 Å². The highest BCUT2D eigenvalue weighted by Crippen LogP contribution is 2.14. The van der Waals surface area contributed by atoms with Gasteiger partial charge in [-0.05, 0) is 18.6 Å². The fraction of sp³-hybridized carbons (Fsp3) is 0.357. The maximum atomic E-state index is 11.5. The van der Waals surface area contributed by atoms with Gasteiger partial charge in [-0.3, -0.25) is 9.59 Å². The van der Waals surface area contributed by atoms with Crippen molar-refractivity contribution in [1.29, 1.82) is 0 Å². The van der Waals surface area contributed by atoms with Crippen LogP contribution in [0.25, 0.3) is 0 Å². The minimum absolute atomic E-state index is 0.371. The maximum absolute atomic E-state index is 11.5. The summed E-state index contributed by atoms with van der Waals surface area (Å²) in [5.41, 5.74) is 2.85. The average molecular weight is 293 g/mol. The quantitative estimate of drug-likeness (QED) is 0.327. The summed E-state index contributed by atoms with van der Waals surface area (Å²) in [7, 11) is 3.11. The number of hydrazone groups is 1. The molecule has 21 heavy (non-hydrogen) atoms. The molecule has 0 spiro atoms. The van der Waals surface area contributed by atoms with Gasteiger partial charge in [-0.2, -0.15) is 5.10 Å². The standard InChI is InChI=1S/C14H19N3O4/c1-20-9-5-8-15-13(18)14(19)17-16-10-11-6-3-4-7-12(11)21-2/h3-4,6-7,10H,5,8-9H2,1-2H3,(H,15,18)(H,17,19)/b16-10-. The Kier molecular flexibility index (Phi) is 7.52. The second-order valence-corrected chi connectivity index (χ2v) is 4.04.